The van der Waals surface area contributed by atoms with Gasteiger partial charge in [0, 0.05) is 8.95 Å². The maximum absolute atomic E-state index is 12.3. The summed E-state index contributed by atoms with van der Waals surface area (Å²) in [6, 6.07) is 2.36. The van der Waals surface area contributed by atoms with Crippen LogP contribution in [0.15, 0.2) is 21.1 Å². The van der Waals surface area contributed by atoms with E-state index in [0.29, 0.717) is 4.47 Å². The average molecular weight is 338 g/mol. The first kappa shape index (κ1) is 11.3. The second-order valence-electron chi connectivity index (χ2n) is 2.25. The molecule has 1 aromatic rings. The largest absolute Gasteiger partial charge is 0.417 e. The van der Waals surface area contributed by atoms with Crippen LogP contribution in [0.5, 0.6) is 0 Å². The molecule has 0 aliphatic rings. The molecule has 0 aromatic heterocycles. The van der Waals surface area contributed by atoms with Crippen molar-refractivity contribution in [1.82, 2.24) is 0 Å². The minimum Gasteiger partial charge on any atom is -0.166 e. The average Bonchev–Trinajstić information content (AvgIpc) is 1.94. The zero-order chi connectivity index (χ0) is 10.2. The molecule has 0 saturated carbocycles. The van der Waals surface area contributed by atoms with Crippen LogP contribution in [0.25, 0.3) is 0 Å². The van der Waals surface area contributed by atoms with Crippen molar-refractivity contribution in [1.29, 1.82) is 0 Å². The van der Waals surface area contributed by atoms with E-state index in [1.807, 2.05) is 0 Å². The van der Waals surface area contributed by atoms with E-state index in [-0.39, 0.29) is 9.50 Å². The zero-order valence-electron chi connectivity index (χ0n) is 5.92. The standard InChI is InChI=1S/C7H2Br2ClF3/c8-3-1-4(7(11,12)13)6(9)5(10)2-3/h1-2H. The summed E-state index contributed by atoms with van der Waals surface area (Å²) >= 11 is 11.3. The minimum atomic E-state index is -4.40. The van der Waals surface area contributed by atoms with Crippen LogP contribution in [-0.2, 0) is 6.18 Å². The van der Waals surface area contributed by atoms with Crippen LogP contribution < -0.4 is 0 Å². The molecule has 0 saturated heterocycles. The van der Waals surface area contributed by atoms with E-state index in [1.54, 1.807) is 0 Å². The smallest absolute Gasteiger partial charge is 0.166 e. The molecule has 0 amide bonds. The summed E-state index contributed by atoms with van der Waals surface area (Å²) in [4.78, 5) is 0. The molecule has 0 atom stereocenters. The van der Waals surface area contributed by atoms with Crippen LogP contribution in [0.1, 0.15) is 5.56 Å². The van der Waals surface area contributed by atoms with Crippen LogP contribution in [0, 0.1) is 0 Å². The fourth-order valence-electron chi connectivity index (χ4n) is 0.762. The molecule has 0 aliphatic carbocycles. The molecule has 72 valence electrons. The monoisotopic (exact) mass is 336 g/mol. The normalized spacial score (nSPS) is 11.8. The van der Waals surface area contributed by atoms with Crippen molar-refractivity contribution in [2.24, 2.45) is 0 Å². The van der Waals surface area contributed by atoms with Crippen molar-refractivity contribution in [3.8, 4) is 0 Å². The summed E-state index contributed by atoms with van der Waals surface area (Å²) in [5.74, 6) is 0. The molecule has 0 fully saturated rings. The van der Waals surface area contributed by atoms with Gasteiger partial charge in [0.15, 0.2) is 0 Å². The molecule has 0 unspecified atom stereocenters. The van der Waals surface area contributed by atoms with E-state index in [9.17, 15) is 13.2 Å². The van der Waals surface area contributed by atoms with Gasteiger partial charge in [-0.15, -0.1) is 0 Å². The van der Waals surface area contributed by atoms with Gasteiger partial charge in [0.25, 0.3) is 0 Å². The third kappa shape index (κ3) is 2.60. The number of alkyl halides is 3. The van der Waals surface area contributed by atoms with Crippen molar-refractivity contribution in [3.05, 3.63) is 31.7 Å². The Bertz CT molecular complexity index is 335. The Morgan fingerprint density at radius 2 is 1.69 bits per heavy atom. The molecule has 6 heteroatoms. The van der Waals surface area contributed by atoms with Crippen LogP contribution in [0.2, 0.25) is 5.02 Å². The van der Waals surface area contributed by atoms with E-state index in [2.05, 4.69) is 31.9 Å². The van der Waals surface area contributed by atoms with Gasteiger partial charge in [-0.3, -0.25) is 0 Å². The van der Waals surface area contributed by atoms with Gasteiger partial charge in [-0.05, 0) is 28.1 Å². The second-order valence-corrected chi connectivity index (χ2v) is 4.36. The summed E-state index contributed by atoms with van der Waals surface area (Å²) in [5.41, 5.74) is -0.785. The third-order valence-electron chi connectivity index (χ3n) is 1.30. The van der Waals surface area contributed by atoms with E-state index >= 15 is 0 Å². The molecule has 0 bridgehead atoms. The van der Waals surface area contributed by atoms with E-state index in [0.717, 1.165) is 6.07 Å². The van der Waals surface area contributed by atoms with E-state index in [4.69, 9.17) is 11.6 Å². The summed E-state index contributed by atoms with van der Waals surface area (Å²) < 4.78 is 37.1. The first-order valence-corrected chi connectivity index (χ1v) is 5.00. The molecule has 0 spiro atoms. The number of hydrogen-bond acceptors (Lipinski definition) is 0. The molecule has 0 radical (unpaired) electrons. The lowest BCUT2D eigenvalue weighted by Crippen LogP contribution is -2.06. The van der Waals surface area contributed by atoms with E-state index in [1.165, 1.54) is 6.07 Å². The second kappa shape index (κ2) is 3.79. The SMILES string of the molecule is FC(F)(F)c1cc(Br)cc(Cl)c1Br. The molecule has 0 N–H and O–H groups in total. The predicted octanol–water partition coefficient (Wildman–Crippen LogP) is 4.88. The number of halogens is 6. The van der Waals surface area contributed by atoms with Crippen LogP contribution >= 0.6 is 43.5 Å². The van der Waals surface area contributed by atoms with Crippen LogP contribution in [0.3, 0.4) is 0 Å². The predicted molar refractivity (Wildman–Crippen MR) is 51.9 cm³/mol. The number of hydrogen-bond donors (Lipinski definition) is 0. The molecule has 1 aromatic carbocycles. The topological polar surface area (TPSA) is 0 Å². The Labute approximate surface area is 94.3 Å². The van der Waals surface area contributed by atoms with Crippen molar-refractivity contribution < 1.29 is 13.2 Å². The summed E-state index contributed by atoms with van der Waals surface area (Å²) in [6.45, 7) is 0. The van der Waals surface area contributed by atoms with Gasteiger partial charge >= 0.3 is 6.18 Å². The molecular weight excluding hydrogens is 336 g/mol. The van der Waals surface area contributed by atoms with Crippen molar-refractivity contribution in [2.75, 3.05) is 0 Å². The highest BCUT2D eigenvalue weighted by atomic mass is 79.9. The molecular formula is C7H2Br2ClF3. The zero-order valence-corrected chi connectivity index (χ0v) is 9.85. The van der Waals surface area contributed by atoms with Crippen LogP contribution in [-0.4, -0.2) is 0 Å². The van der Waals surface area contributed by atoms with Gasteiger partial charge in [-0.25, -0.2) is 0 Å². The highest BCUT2D eigenvalue weighted by molar-refractivity contribution is 9.11. The minimum absolute atomic E-state index is 0.0294. The number of benzene rings is 1. The highest BCUT2D eigenvalue weighted by Gasteiger charge is 2.34. The molecule has 13 heavy (non-hydrogen) atoms. The maximum Gasteiger partial charge on any atom is 0.417 e. The Kier molecular flexibility index (Phi) is 3.30. The fraction of sp³-hybridized carbons (Fsp3) is 0.143. The Morgan fingerprint density at radius 3 is 2.15 bits per heavy atom. The van der Waals surface area contributed by atoms with Gasteiger partial charge in [0.1, 0.15) is 0 Å². The quantitative estimate of drug-likeness (QED) is 0.591. The molecule has 0 heterocycles. The van der Waals surface area contributed by atoms with Crippen LogP contribution in [0.4, 0.5) is 13.2 Å². The fourth-order valence-corrected chi connectivity index (χ4v) is 2.02. The lowest BCUT2D eigenvalue weighted by atomic mass is 10.2. The van der Waals surface area contributed by atoms with Gasteiger partial charge in [0.2, 0.25) is 0 Å². The molecule has 1 rings (SSSR count). The lowest BCUT2D eigenvalue weighted by Gasteiger charge is -2.10. The Morgan fingerprint density at radius 1 is 1.15 bits per heavy atom. The van der Waals surface area contributed by atoms with Gasteiger partial charge in [-0.1, -0.05) is 27.5 Å². The van der Waals surface area contributed by atoms with E-state index < -0.39 is 11.7 Å². The summed E-state index contributed by atoms with van der Waals surface area (Å²) in [7, 11) is 0. The Balaban J connectivity index is 3.37. The van der Waals surface area contributed by atoms with Gasteiger partial charge < -0.3 is 0 Å². The molecule has 0 aliphatic heterocycles. The third-order valence-corrected chi connectivity index (χ3v) is 3.14. The first-order valence-electron chi connectivity index (χ1n) is 3.04. The van der Waals surface area contributed by atoms with Crippen molar-refractivity contribution in [2.45, 2.75) is 6.18 Å². The van der Waals surface area contributed by atoms with Gasteiger partial charge in [0.05, 0.1) is 10.6 Å². The van der Waals surface area contributed by atoms with Crippen molar-refractivity contribution >= 4 is 43.5 Å². The van der Waals surface area contributed by atoms with Crippen molar-refractivity contribution in [3.63, 3.8) is 0 Å². The number of rotatable bonds is 0. The maximum atomic E-state index is 12.3. The van der Waals surface area contributed by atoms with Gasteiger partial charge in [-0.2, -0.15) is 13.2 Å². The summed E-state index contributed by atoms with van der Waals surface area (Å²) in [5, 5.41) is 0.0294. The lowest BCUT2D eigenvalue weighted by molar-refractivity contribution is -0.138. The molecule has 0 nitrogen and oxygen atoms in total. The Hall–Kier alpha value is 0.260. The highest BCUT2D eigenvalue weighted by Crippen LogP contribution is 2.40. The summed E-state index contributed by atoms with van der Waals surface area (Å²) in [6.07, 6.45) is -4.40. The first-order chi connectivity index (χ1) is 5.82.